The number of likely N-dealkylation sites (N-methyl/N-ethyl adjacent to an activating group) is 1. The van der Waals surface area contributed by atoms with Crippen molar-refractivity contribution in [2.75, 3.05) is 33.2 Å². The molecule has 0 spiro atoms. The quantitative estimate of drug-likeness (QED) is 0.718. The molecular formula is C13H26N4O. The minimum Gasteiger partial charge on any atom is -0.368 e. The van der Waals surface area contributed by atoms with E-state index in [4.69, 9.17) is 5.73 Å². The average Bonchev–Trinajstić information content (AvgIpc) is 2.35. The van der Waals surface area contributed by atoms with Gasteiger partial charge in [0.2, 0.25) is 5.91 Å². The zero-order valence-electron chi connectivity index (χ0n) is 11.6. The molecule has 0 aromatic carbocycles. The number of piperidine rings is 1. The fourth-order valence-electron chi connectivity index (χ4n) is 3.23. The van der Waals surface area contributed by atoms with Crippen molar-refractivity contribution in [3.05, 3.63) is 0 Å². The lowest BCUT2D eigenvalue weighted by Crippen LogP contribution is -2.61. The molecule has 5 heteroatoms. The van der Waals surface area contributed by atoms with E-state index in [1.54, 1.807) is 7.05 Å². The number of hydrogen-bond acceptors (Lipinski definition) is 4. The summed E-state index contributed by atoms with van der Waals surface area (Å²) in [5.74, 6) is -0.254. The summed E-state index contributed by atoms with van der Waals surface area (Å²) >= 11 is 0. The molecule has 3 unspecified atom stereocenters. The van der Waals surface area contributed by atoms with Gasteiger partial charge in [-0.1, -0.05) is 6.42 Å². The molecule has 0 aliphatic carbocycles. The first-order valence-corrected chi connectivity index (χ1v) is 7.06. The fraction of sp³-hybridized carbons (Fsp3) is 0.923. The van der Waals surface area contributed by atoms with Crippen LogP contribution in [0.3, 0.4) is 0 Å². The van der Waals surface area contributed by atoms with Gasteiger partial charge in [0.25, 0.3) is 0 Å². The Morgan fingerprint density at radius 1 is 1.44 bits per heavy atom. The van der Waals surface area contributed by atoms with E-state index in [0.29, 0.717) is 12.1 Å². The third-order valence-electron chi connectivity index (χ3n) is 4.43. The first-order chi connectivity index (χ1) is 8.61. The number of nitrogens with zero attached hydrogens (tertiary/aromatic N) is 2. The molecule has 2 aliphatic rings. The molecule has 0 saturated carbocycles. The molecule has 2 saturated heterocycles. The molecule has 2 heterocycles. The second-order valence-corrected chi connectivity index (χ2v) is 5.69. The Morgan fingerprint density at radius 2 is 2.22 bits per heavy atom. The van der Waals surface area contributed by atoms with Gasteiger partial charge >= 0.3 is 0 Å². The molecule has 0 radical (unpaired) electrons. The summed E-state index contributed by atoms with van der Waals surface area (Å²) in [6, 6.07) is 0.956. The molecular weight excluding hydrogens is 228 g/mol. The summed E-state index contributed by atoms with van der Waals surface area (Å²) in [5, 5.41) is 3.01. The van der Waals surface area contributed by atoms with Crippen LogP contribution in [0, 0.1) is 0 Å². The van der Waals surface area contributed by atoms with E-state index in [1.165, 1.54) is 25.8 Å². The van der Waals surface area contributed by atoms with Crippen LogP contribution < -0.4 is 11.1 Å². The van der Waals surface area contributed by atoms with Crippen molar-refractivity contribution in [3.63, 3.8) is 0 Å². The SMILES string of the molecule is CNC(CN1CC2CCCCN2CC1C)C(N)=O. The van der Waals surface area contributed by atoms with Crippen LogP contribution in [-0.2, 0) is 4.79 Å². The highest BCUT2D eigenvalue weighted by molar-refractivity contribution is 5.80. The van der Waals surface area contributed by atoms with Crippen molar-refractivity contribution in [3.8, 4) is 0 Å². The first-order valence-electron chi connectivity index (χ1n) is 7.06. The fourth-order valence-corrected chi connectivity index (χ4v) is 3.23. The highest BCUT2D eigenvalue weighted by Crippen LogP contribution is 2.23. The van der Waals surface area contributed by atoms with Crippen molar-refractivity contribution in [2.45, 2.75) is 44.3 Å². The molecule has 2 fully saturated rings. The number of hydrogen-bond donors (Lipinski definition) is 2. The maximum absolute atomic E-state index is 11.3. The maximum Gasteiger partial charge on any atom is 0.235 e. The average molecular weight is 254 g/mol. The Bertz CT molecular complexity index is 297. The van der Waals surface area contributed by atoms with Gasteiger partial charge in [0.15, 0.2) is 0 Å². The minimum atomic E-state index is -0.254. The third-order valence-corrected chi connectivity index (χ3v) is 4.43. The second-order valence-electron chi connectivity index (χ2n) is 5.69. The molecule has 3 N–H and O–H groups in total. The van der Waals surface area contributed by atoms with Crippen LogP contribution in [0.5, 0.6) is 0 Å². The van der Waals surface area contributed by atoms with Gasteiger partial charge in [-0.15, -0.1) is 0 Å². The normalized spacial score (nSPS) is 31.9. The summed E-state index contributed by atoms with van der Waals surface area (Å²) in [6.45, 7) is 6.43. The summed E-state index contributed by atoms with van der Waals surface area (Å²) in [5.41, 5.74) is 5.40. The Balaban J connectivity index is 1.94. The van der Waals surface area contributed by atoms with Gasteiger partial charge < -0.3 is 11.1 Å². The zero-order valence-corrected chi connectivity index (χ0v) is 11.6. The molecule has 5 nitrogen and oxygen atoms in total. The number of nitrogens with one attached hydrogen (secondary N) is 1. The van der Waals surface area contributed by atoms with Crippen LogP contribution in [-0.4, -0.2) is 67.1 Å². The topological polar surface area (TPSA) is 61.6 Å². The first kappa shape index (κ1) is 13.8. The number of carbonyl (C=O) groups excluding carboxylic acids is 1. The van der Waals surface area contributed by atoms with Gasteiger partial charge in [-0.25, -0.2) is 0 Å². The van der Waals surface area contributed by atoms with E-state index in [2.05, 4.69) is 22.0 Å². The maximum atomic E-state index is 11.3. The molecule has 0 aromatic rings. The van der Waals surface area contributed by atoms with Crippen LogP contribution >= 0.6 is 0 Å². The molecule has 2 rings (SSSR count). The smallest absolute Gasteiger partial charge is 0.235 e. The van der Waals surface area contributed by atoms with Crippen LogP contribution in [0.1, 0.15) is 26.2 Å². The number of nitrogens with two attached hydrogens (primary N) is 1. The predicted molar refractivity (Wildman–Crippen MR) is 72.3 cm³/mol. The van der Waals surface area contributed by atoms with Crippen molar-refractivity contribution in [1.29, 1.82) is 0 Å². The van der Waals surface area contributed by atoms with E-state index in [9.17, 15) is 4.79 Å². The Morgan fingerprint density at radius 3 is 2.89 bits per heavy atom. The molecule has 2 aliphatic heterocycles. The van der Waals surface area contributed by atoms with Gasteiger partial charge in [0.1, 0.15) is 0 Å². The van der Waals surface area contributed by atoms with E-state index >= 15 is 0 Å². The van der Waals surface area contributed by atoms with Gasteiger partial charge in [-0.05, 0) is 33.4 Å². The largest absolute Gasteiger partial charge is 0.368 e. The van der Waals surface area contributed by atoms with Crippen molar-refractivity contribution < 1.29 is 4.79 Å². The standard InChI is InChI=1S/C13H26N4O/c1-10-7-16-6-4-3-5-11(16)8-17(10)9-12(15-2)13(14)18/h10-12,15H,3-9H2,1-2H3,(H2,14,18). The van der Waals surface area contributed by atoms with Gasteiger partial charge in [0, 0.05) is 31.7 Å². The van der Waals surface area contributed by atoms with Gasteiger partial charge in [-0.2, -0.15) is 0 Å². The van der Waals surface area contributed by atoms with Crippen molar-refractivity contribution in [2.24, 2.45) is 5.73 Å². The summed E-state index contributed by atoms with van der Waals surface area (Å²) in [4.78, 5) is 16.3. The molecule has 1 amide bonds. The van der Waals surface area contributed by atoms with Crippen LogP contribution in [0.15, 0.2) is 0 Å². The Kier molecular flexibility index (Phi) is 4.59. The monoisotopic (exact) mass is 254 g/mol. The second kappa shape index (κ2) is 5.99. The van der Waals surface area contributed by atoms with E-state index < -0.39 is 0 Å². The van der Waals surface area contributed by atoms with Crippen LogP contribution in [0.4, 0.5) is 0 Å². The van der Waals surface area contributed by atoms with Gasteiger partial charge in [-0.3, -0.25) is 14.6 Å². The minimum absolute atomic E-state index is 0.234. The Hall–Kier alpha value is -0.650. The summed E-state index contributed by atoms with van der Waals surface area (Å²) in [6.07, 6.45) is 3.97. The molecule has 104 valence electrons. The number of primary amides is 1. The number of carbonyl (C=O) groups is 1. The lowest BCUT2D eigenvalue weighted by atomic mass is 9.97. The van der Waals surface area contributed by atoms with E-state index in [0.717, 1.165) is 19.6 Å². The highest BCUT2D eigenvalue weighted by atomic mass is 16.1. The van der Waals surface area contributed by atoms with Gasteiger partial charge in [0.05, 0.1) is 6.04 Å². The molecule has 3 atom stereocenters. The third kappa shape index (κ3) is 3.02. The van der Waals surface area contributed by atoms with E-state index in [1.807, 2.05) is 0 Å². The molecule has 0 bridgehead atoms. The number of rotatable bonds is 4. The molecule has 0 aromatic heterocycles. The molecule has 18 heavy (non-hydrogen) atoms. The predicted octanol–water partition coefficient (Wildman–Crippen LogP) is -0.382. The lowest BCUT2D eigenvalue weighted by molar-refractivity contribution is -0.120. The zero-order chi connectivity index (χ0) is 13.1. The lowest BCUT2D eigenvalue weighted by Gasteiger charge is -2.48. The van der Waals surface area contributed by atoms with Crippen molar-refractivity contribution in [1.82, 2.24) is 15.1 Å². The van der Waals surface area contributed by atoms with Crippen LogP contribution in [0.2, 0.25) is 0 Å². The number of fused-ring (bicyclic) bond motifs is 1. The Labute approximate surface area is 110 Å². The number of piperazine rings is 1. The van der Waals surface area contributed by atoms with Crippen molar-refractivity contribution >= 4 is 5.91 Å². The highest BCUT2D eigenvalue weighted by Gasteiger charge is 2.34. The van der Waals surface area contributed by atoms with E-state index in [-0.39, 0.29) is 11.9 Å². The number of amides is 1. The summed E-state index contributed by atoms with van der Waals surface area (Å²) in [7, 11) is 1.80. The summed E-state index contributed by atoms with van der Waals surface area (Å²) < 4.78 is 0. The van der Waals surface area contributed by atoms with Crippen LogP contribution in [0.25, 0.3) is 0 Å².